The van der Waals surface area contributed by atoms with Gasteiger partial charge < -0.3 is 14.6 Å². The fraction of sp³-hybridized carbons (Fsp3) is 0.500. The molecule has 5 nitrogen and oxygen atoms in total. The maximum absolute atomic E-state index is 11.9. The van der Waals surface area contributed by atoms with Gasteiger partial charge in [-0.3, -0.25) is 4.79 Å². The molecule has 5 heteroatoms. The zero-order valence-corrected chi connectivity index (χ0v) is 12.6. The molecule has 21 heavy (non-hydrogen) atoms. The minimum Gasteiger partial charge on any atom is -0.481 e. The van der Waals surface area contributed by atoms with E-state index < -0.39 is 24.0 Å². The largest absolute Gasteiger partial charge is 0.481 e. The summed E-state index contributed by atoms with van der Waals surface area (Å²) < 4.78 is 10.2. The molecule has 1 aromatic rings. The molecule has 0 aliphatic heterocycles. The Morgan fingerprint density at radius 1 is 1.19 bits per heavy atom. The van der Waals surface area contributed by atoms with Crippen molar-refractivity contribution < 1.29 is 24.2 Å². The summed E-state index contributed by atoms with van der Waals surface area (Å²) >= 11 is 0. The average Bonchev–Trinajstić information content (AvgIpc) is 2.46. The molecule has 1 aromatic carbocycles. The molecule has 1 rings (SSSR count). The van der Waals surface area contributed by atoms with Gasteiger partial charge in [-0.05, 0) is 17.9 Å². The summed E-state index contributed by atoms with van der Waals surface area (Å²) in [5, 5.41) is 9.35. The molecule has 0 bridgehead atoms. The molecule has 0 amide bonds. The second-order valence-electron chi connectivity index (χ2n) is 5.31. The average molecular weight is 294 g/mol. The van der Waals surface area contributed by atoms with Crippen molar-refractivity contribution in [3.05, 3.63) is 35.9 Å². The number of methoxy groups -OCH3 is 1. The number of benzene rings is 1. The molecule has 1 N–H and O–H groups in total. The standard InChI is InChI=1S/C16H22O5/c1-11(2)9-13(15(17)18)14(16(19)20-3)21-10-12-7-5-4-6-8-12/h4-8,11,13-14H,9-10H2,1-3H3,(H,17,18). The van der Waals surface area contributed by atoms with Gasteiger partial charge in [0.05, 0.1) is 19.6 Å². The summed E-state index contributed by atoms with van der Waals surface area (Å²) in [6.07, 6.45) is -0.751. The number of carbonyl (C=O) groups excluding carboxylic acids is 1. The minimum absolute atomic E-state index is 0.138. The molecule has 0 aliphatic carbocycles. The smallest absolute Gasteiger partial charge is 0.335 e. The molecule has 0 spiro atoms. The van der Waals surface area contributed by atoms with E-state index in [1.165, 1.54) is 7.11 Å². The highest BCUT2D eigenvalue weighted by atomic mass is 16.6. The Labute approximate surface area is 124 Å². The van der Waals surface area contributed by atoms with Crippen molar-refractivity contribution in [3.63, 3.8) is 0 Å². The molecular formula is C16H22O5. The predicted octanol–water partition coefficient (Wildman–Crippen LogP) is 2.49. The Balaban J connectivity index is 2.83. The number of hydrogen-bond acceptors (Lipinski definition) is 4. The third-order valence-electron chi connectivity index (χ3n) is 3.11. The van der Waals surface area contributed by atoms with Crippen LogP contribution in [0.5, 0.6) is 0 Å². The van der Waals surface area contributed by atoms with E-state index in [4.69, 9.17) is 4.74 Å². The lowest BCUT2D eigenvalue weighted by Gasteiger charge is -2.23. The van der Waals surface area contributed by atoms with Gasteiger partial charge in [0.25, 0.3) is 0 Å². The highest BCUT2D eigenvalue weighted by molar-refractivity contribution is 5.82. The molecule has 0 saturated carbocycles. The van der Waals surface area contributed by atoms with E-state index in [9.17, 15) is 14.7 Å². The first-order valence-corrected chi connectivity index (χ1v) is 6.91. The van der Waals surface area contributed by atoms with Crippen LogP contribution >= 0.6 is 0 Å². The van der Waals surface area contributed by atoms with Crippen molar-refractivity contribution in [1.82, 2.24) is 0 Å². The quantitative estimate of drug-likeness (QED) is 0.746. The minimum atomic E-state index is -1.10. The van der Waals surface area contributed by atoms with Gasteiger partial charge in [0.1, 0.15) is 0 Å². The molecule has 2 unspecified atom stereocenters. The Morgan fingerprint density at radius 2 is 1.81 bits per heavy atom. The fourth-order valence-electron chi connectivity index (χ4n) is 2.09. The Morgan fingerprint density at radius 3 is 2.29 bits per heavy atom. The van der Waals surface area contributed by atoms with Crippen molar-refractivity contribution in [2.75, 3.05) is 7.11 Å². The van der Waals surface area contributed by atoms with Gasteiger partial charge in [-0.2, -0.15) is 0 Å². The lowest BCUT2D eigenvalue weighted by molar-refractivity contribution is -0.168. The van der Waals surface area contributed by atoms with Gasteiger partial charge in [0, 0.05) is 0 Å². The zero-order valence-electron chi connectivity index (χ0n) is 12.6. The maximum Gasteiger partial charge on any atom is 0.335 e. The van der Waals surface area contributed by atoms with E-state index in [0.29, 0.717) is 6.42 Å². The Bertz CT molecular complexity index is 455. The molecule has 0 saturated heterocycles. The number of carboxylic acid groups (broad SMARTS) is 1. The highest BCUT2D eigenvalue weighted by Gasteiger charge is 2.36. The lowest BCUT2D eigenvalue weighted by atomic mass is 9.92. The van der Waals surface area contributed by atoms with E-state index in [2.05, 4.69) is 4.74 Å². The molecule has 116 valence electrons. The zero-order chi connectivity index (χ0) is 15.8. The van der Waals surface area contributed by atoms with Crippen LogP contribution in [0.3, 0.4) is 0 Å². The van der Waals surface area contributed by atoms with Crippen LogP contribution in [0.4, 0.5) is 0 Å². The van der Waals surface area contributed by atoms with E-state index in [1.807, 2.05) is 44.2 Å². The van der Waals surface area contributed by atoms with E-state index in [-0.39, 0.29) is 12.5 Å². The summed E-state index contributed by atoms with van der Waals surface area (Å²) in [5.41, 5.74) is 0.875. The number of aliphatic carboxylic acids is 1. The predicted molar refractivity (Wildman–Crippen MR) is 77.6 cm³/mol. The number of carboxylic acids is 1. The van der Waals surface area contributed by atoms with Crippen LogP contribution in [0.15, 0.2) is 30.3 Å². The van der Waals surface area contributed by atoms with Crippen LogP contribution in [0.1, 0.15) is 25.8 Å². The van der Waals surface area contributed by atoms with Crippen LogP contribution < -0.4 is 0 Å². The van der Waals surface area contributed by atoms with Crippen molar-refractivity contribution >= 4 is 11.9 Å². The molecule has 0 heterocycles. The summed E-state index contributed by atoms with van der Waals surface area (Å²) in [6.45, 7) is 3.98. The monoisotopic (exact) mass is 294 g/mol. The van der Waals surface area contributed by atoms with Crippen LogP contribution in [0.2, 0.25) is 0 Å². The molecule has 0 fully saturated rings. The summed E-state index contributed by atoms with van der Waals surface area (Å²) in [6, 6.07) is 9.29. The third kappa shape index (κ3) is 5.55. The first-order chi connectivity index (χ1) is 9.95. The Kier molecular flexibility index (Phi) is 6.88. The molecule has 0 aromatic heterocycles. The third-order valence-corrected chi connectivity index (χ3v) is 3.11. The lowest BCUT2D eigenvalue weighted by Crippen LogP contribution is -2.38. The highest BCUT2D eigenvalue weighted by Crippen LogP contribution is 2.21. The molecule has 0 aliphatic rings. The van der Waals surface area contributed by atoms with Gasteiger partial charge in [-0.1, -0.05) is 44.2 Å². The molecule has 2 atom stereocenters. The normalized spacial score (nSPS) is 13.7. The van der Waals surface area contributed by atoms with Crippen molar-refractivity contribution in [2.45, 2.75) is 33.0 Å². The summed E-state index contributed by atoms with van der Waals surface area (Å²) in [4.78, 5) is 23.3. The number of esters is 1. The van der Waals surface area contributed by atoms with Gasteiger partial charge >= 0.3 is 11.9 Å². The van der Waals surface area contributed by atoms with Gasteiger partial charge in [0.2, 0.25) is 0 Å². The second kappa shape index (κ2) is 8.42. The summed E-state index contributed by atoms with van der Waals surface area (Å²) in [7, 11) is 1.23. The number of ether oxygens (including phenoxy) is 2. The first kappa shape index (κ1) is 17.2. The maximum atomic E-state index is 11.9. The van der Waals surface area contributed by atoms with Crippen LogP contribution in [0, 0.1) is 11.8 Å². The van der Waals surface area contributed by atoms with Crippen LogP contribution in [-0.2, 0) is 25.7 Å². The van der Waals surface area contributed by atoms with Gasteiger partial charge in [-0.25, -0.2) is 4.79 Å². The molecule has 0 radical (unpaired) electrons. The number of hydrogen-bond donors (Lipinski definition) is 1. The first-order valence-electron chi connectivity index (χ1n) is 6.91. The van der Waals surface area contributed by atoms with Crippen LogP contribution in [-0.4, -0.2) is 30.3 Å². The Hall–Kier alpha value is -1.88. The van der Waals surface area contributed by atoms with Gasteiger partial charge in [-0.15, -0.1) is 0 Å². The van der Waals surface area contributed by atoms with Gasteiger partial charge in [0.15, 0.2) is 6.10 Å². The fourth-order valence-corrected chi connectivity index (χ4v) is 2.09. The topological polar surface area (TPSA) is 72.8 Å². The second-order valence-corrected chi connectivity index (χ2v) is 5.31. The number of rotatable bonds is 8. The van der Waals surface area contributed by atoms with Crippen LogP contribution in [0.25, 0.3) is 0 Å². The SMILES string of the molecule is COC(=O)C(OCc1ccccc1)C(CC(C)C)C(=O)O. The van der Waals surface area contributed by atoms with Crippen molar-refractivity contribution in [2.24, 2.45) is 11.8 Å². The van der Waals surface area contributed by atoms with Crippen molar-refractivity contribution in [1.29, 1.82) is 0 Å². The summed E-state index contributed by atoms with van der Waals surface area (Å²) in [5.74, 6) is -2.48. The van der Waals surface area contributed by atoms with E-state index in [0.717, 1.165) is 5.56 Å². The van der Waals surface area contributed by atoms with E-state index in [1.54, 1.807) is 0 Å². The van der Waals surface area contributed by atoms with Crippen molar-refractivity contribution in [3.8, 4) is 0 Å². The molecular weight excluding hydrogens is 272 g/mol. The number of carbonyl (C=O) groups is 2. The van der Waals surface area contributed by atoms with E-state index >= 15 is 0 Å².